The molecule has 3 heteroatoms. The molecule has 0 radical (unpaired) electrons. The van der Waals surface area contributed by atoms with Crippen LogP contribution in [0.5, 0.6) is 0 Å². The maximum Gasteiger partial charge on any atom is 0.0724 e. The van der Waals surface area contributed by atoms with Crippen LogP contribution in [-0.4, -0.2) is 4.98 Å². The van der Waals surface area contributed by atoms with Gasteiger partial charge in [-0.3, -0.25) is 0 Å². The first kappa shape index (κ1) is 14.8. The molecular weight excluding hydrogens is 289 g/mol. The van der Waals surface area contributed by atoms with Crippen LogP contribution in [0.15, 0.2) is 54.6 Å². The highest BCUT2D eigenvalue weighted by Crippen LogP contribution is 2.28. The van der Waals surface area contributed by atoms with Gasteiger partial charge in [0.05, 0.1) is 16.2 Å². The molecule has 3 rings (SSSR count). The van der Waals surface area contributed by atoms with E-state index in [2.05, 4.69) is 4.98 Å². The Labute approximate surface area is 129 Å². The van der Waals surface area contributed by atoms with Crippen molar-refractivity contribution in [3.8, 4) is 11.3 Å². The molecule has 0 atom stereocenters. The number of aromatic nitrogens is 1. The molecule has 0 N–H and O–H groups in total. The molecule has 0 fully saturated rings. The SMILES string of the molecule is CC.Clc1ccc(-c2cc(Cl)c3ccccc3n2)cc1. The van der Waals surface area contributed by atoms with Gasteiger partial charge in [-0.05, 0) is 24.3 Å². The number of fused-ring (bicyclic) bond motifs is 1. The van der Waals surface area contributed by atoms with Crippen LogP contribution in [0.1, 0.15) is 13.8 Å². The summed E-state index contributed by atoms with van der Waals surface area (Å²) in [7, 11) is 0. The smallest absolute Gasteiger partial charge is 0.0724 e. The van der Waals surface area contributed by atoms with Crippen LogP contribution < -0.4 is 0 Å². The molecule has 2 aromatic carbocycles. The standard InChI is InChI=1S/C15H9Cl2N.C2H6/c16-11-7-5-10(6-8-11)15-9-13(17)12-3-1-2-4-14(12)18-15;1-2/h1-9H;1-2H3. The summed E-state index contributed by atoms with van der Waals surface area (Å²) in [6, 6.07) is 17.3. The van der Waals surface area contributed by atoms with Crippen molar-refractivity contribution < 1.29 is 0 Å². The number of pyridine rings is 1. The van der Waals surface area contributed by atoms with Crippen LogP contribution in [-0.2, 0) is 0 Å². The monoisotopic (exact) mass is 303 g/mol. The van der Waals surface area contributed by atoms with Gasteiger partial charge in [-0.1, -0.05) is 67.4 Å². The van der Waals surface area contributed by atoms with E-state index < -0.39 is 0 Å². The Bertz CT molecular complexity index is 706. The number of halogens is 2. The summed E-state index contributed by atoms with van der Waals surface area (Å²) < 4.78 is 0. The van der Waals surface area contributed by atoms with Crippen molar-refractivity contribution >= 4 is 34.1 Å². The topological polar surface area (TPSA) is 12.9 Å². The third-order valence-corrected chi connectivity index (χ3v) is 3.37. The maximum atomic E-state index is 6.28. The third-order valence-electron chi connectivity index (χ3n) is 2.81. The number of rotatable bonds is 1. The molecule has 0 aliphatic heterocycles. The Kier molecular flexibility index (Phi) is 4.99. The second-order valence-corrected chi connectivity index (χ2v) is 4.86. The Hall–Kier alpha value is -1.57. The lowest BCUT2D eigenvalue weighted by Crippen LogP contribution is -1.86. The van der Waals surface area contributed by atoms with Crippen molar-refractivity contribution in [2.45, 2.75) is 13.8 Å². The maximum absolute atomic E-state index is 6.28. The molecule has 102 valence electrons. The highest BCUT2D eigenvalue weighted by Gasteiger charge is 2.05. The van der Waals surface area contributed by atoms with E-state index in [1.807, 2.05) is 68.4 Å². The van der Waals surface area contributed by atoms with Gasteiger partial charge in [-0.25, -0.2) is 4.98 Å². The van der Waals surface area contributed by atoms with Crippen LogP contribution in [0, 0.1) is 0 Å². The van der Waals surface area contributed by atoms with Crippen LogP contribution in [0.3, 0.4) is 0 Å². The summed E-state index contributed by atoms with van der Waals surface area (Å²) in [6.07, 6.45) is 0. The molecule has 0 saturated carbocycles. The van der Waals surface area contributed by atoms with Gasteiger partial charge in [0.15, 0.2) is 0 Å². The van der Waals surface area contributed by atoms with E-state index in [1.165, 1.54) is 0 Å². The zero-order valence-corrected chi connectivity index (χ0v) is 12.9. The van der Waals surface area contributed by atoms with Gasteiger partial charge in [-0.2, -0.15) is 0 Å². The zero-order chi connectivity index (χ0) is 14.5. The van der Waals surface area contributed by atoms with E-state index >= 15 is 0 Å². The highest BCUT2D eigenvalue weighted by molar-refractivity contribution is 6.35. The van der Waals surface area contributed by atoms with Gasteiger partial charge < -0.3 is 0 Å². The van der Waals surface area contributed by atoms with Crippen molar-refractivity contribution in [2.24, 2.45) is 0 Å². The predicted octanol–water partition coefficient (Wildman–Crippen LogP) is 6.23. The van der Waals surface area contributed by atoms with Crippen LogP contribution >= 0.6 is 23.2 Å². The number of hydrogen-bond acceptors (Lipinski definition) is 1. The Morgan fingerprint density at radius 3 is 2.20 bits per heavy atom. The lowest BCUT2D eigenvalue weighted by atomic mass is 10.1. The van der Waals surface area contributed by atoms with Gasteiger partial charge in [0.25, 0.3) is 0 Å². The minimum atomic E-state index is 0.713. The fourth-order valence-corrected chi connectivity index (χ4v) is 2.29. The first-order valence-corrected chi connectivity index (χ1v) is 7.31. The average Bonchev–Trinajstić information content (AvgIpc) is 2.50. The molecule has 0 saturated heterocycles. The predicted molar refractivity (Wildman–Crippen MR) is 88.5 cm³/mol. The Morgan fingerprint density at radius 1 is 0.850 bits per heavy atom. The molecule has 0 unspecified atom stereocenters. The van der Waals surface area contributed by atoms with Crippen molar-refractivity contribution in [2.75, 3.05) is 0 Å². The van der Waals surface area contributed by atoms with Gasteiger partial charge in [0.1, 0.15) is 0 Å². The highest BCUT2D eigenvalue weighted by atomic mass is 35.5. The van der Waals surface area contributed by atoms with E-state index in [1.54, 1.807) is 0 Å². The van der Waals surface area contributed by atoms with Crippen LogP contribution in [0.4, 0.5) is 0 Å². The molecule has 0 aliphatic rings. The Morgan fingerprint density at radius 2 is 1.50 bits per heavy atom. The molecule has 1 heterocycles. The van der Waals surface area contributed by atoms with E-state index in [0.717, 1.165) is 22.2 Å². The molecule has 0 spiro atoms. The van der Waals surface area contributed by atoms with E-state index in [0.29, 0.717) is 10.0 Å². The summed E-state index contributed by atoms with van der Waals surface area (Å²) in [5.41, 5.74) is 2.76. The quantitative estimate of drug-likeness (QED) is 0.519. The fraction of sp³-hybridized carbons (Fsp3) is 0.118. The number of nitrogens with zero attached hydrogens (tertiary/aromatic N) is 1. The molecule has 1 aromatic heterocycles. The van der Waals surface area contributed by atoms with Crippen LogP contribution in [0.25, 0.3) is 22.2 Å². The van der Waals surface area contributed by atoms with E-state index in [9.17, 15) is 0 Å². The van der Waals surface area contributed by atoms with Gasteiger partial charge in [0.2, 0.25) is 0 Å². The summed E-state index contributed by atoms with van der Waals surface area (Å²) in [4.78, 5) is 4.61. The first-order valence-electron chi connectivity index (χ1n) is 6.55. The summed E-state index contributed by atoms with van der Waals surface area (Å²) in [5.74, 6) is 0. The summed E-state index contributed by atoms with van der Waals surface area (Å²) in [6.45, 7) is 4.00. The van der Waals surface area contributed by atoms with E-state index in [-0.39, 0.29) is 0 Å². The molecule has 0 aliphatic carbocycles. The lowest BCUT2D eigenvalue weighted by Gasteiger charge is -2.05. The zero-order valence-electron chi connectivity index (χ0n) is 11.4. The lowest BCUT2D eigenvalue weighted by molar-refractivity contribution is 1.40. The van der Waals surface area contributed by atoms with E-state index in [4.69, 9.17) is 23.2 Å². The molecule has 20 heavy (non-hydrogen) atoms. The van der Waals surface area contributed by atoms with Crippen molar-refractivity contribution in [1.82, 2.24) is 4.98 Å². The van der Waals surface area contributed by atoms with Gasteiger partial charge >= 0.3 is 0 Å². The van der Waals surface area contributed by atoms with Crippen molar-refractivity contribution in [3.63, 3.8) is 0 Å². The minimum Gasteiger partial charge on any atom is -0.248 e. The average molecular weight is 304 g/mol. The molecule has 3 aromatic rings. The molecule has 0 bridgehead atoms. The van der Waals surface area contributed by atoms with Gasteiger partial charge in [-0.15, -0.1) is 0 Å². The summed E-state index contributed by atoms with van der Waals surface area (Å²) in [5, 5.41) is 2.40. The Balaban J connectivity index is 0.000000704. The minimum absolute atomic E-state index is 0.713. The van der Waals surface area contributed by atoms with Gasteiger partial charge in [0, 0.05) is 16.0 Å². The molecule has 0 amide bonds. The third kappa shape index (κ3) is 3.12. The normalized spacial score (nSPS) is 10.0. The second-order valence-electron chi connectivity index (χ2n) is 4.01. The first-order chi connectivity index (χ1) is 9.74. The number of hydrogen-bond donors (Lipinski definition) is 0. The fourth-order valence-electron chi connectivity index (χ4n) is 1.90. The molecule has 1 nitrogen and oxygen atoms in total. The van der Waals surface area contributed by atoms with Crippen molar-refractivity contribution in [3.05, 3.63) is 64.6 Å². The summed E-state index contributed by atoms with van der Waals surface area (Å²) >= 11 is 12.2. The second kappa shape index (κ2) is 6.74. The van der Waals surface area contributed by atoms with Crippen molar-refractivity contribution in [1.29, 1.82) is 0 Å². The molecular formula is C17H15Cl2N. The number of para-hydroxylation sites is 1. The largest absolute Gasteiger partial charge is 0.248 e. The van der Waals surface area contributed by atoms with Crippen LogP contribution in [0.2, 0.25) is 10.0 Å². The number of benzene rings is 2.